The first kappa shape index (κ1) is 14.8. The minimum Gasteiger partial charge on any atom is -0.421 e. The second-order valence-electron chi connectivity index (χ2n) is 3.59. The van der Waals surface area contributed by atoms with Crippen LogP contribution in [0.4, 0.5) is 0 Å². The Hall–Kier alpha value is 0.757. The van der Waals surface area contributed by atoms with E-state index in [2.05, 4.69) is 6.92 Å². The average Bonchev–Trinajstić information content (AvgIpc) is 2.15. The van der Waals surface area contributed by atoms with Crippen LogP contribution in [0.5, 0.6) is 0 Å². The van der Waals surface area contributed by atoms with Crippen LogP contribution in [-0.4, -0.2) is 21.2 Å². The maximum absolute atomic E-state index is 5.54. The van der Waals surface area contributed by atoms with Crippen LogP contribution >= 0.6 is 23.2 Å². The lowest BCUT2D eigenvalue weighted by Crippen LogP contribution is -2.05. The largest absolute Gasteiger partial charge is 0.421 e. The summed E-state index contributed by atoms with van der Waals surface area (Å²) in [7, 11) is -0.340. The van der Waals surface area contributed by atoms with Gasteiger partial charge in [-0.05, 0) is 6.04 Å². The fourth-order valence-electron chi connectivity index (χ4n) is 1.33. The molecule has 0 fully saturated rings. The molecule has 0 spiro atoms. The van der Waals surface area contributed by atoms with Crippen LogP contribution in [0, 0.1) is 0 Å². The summed E-state index contributed by atoms with van der Waals surface area (Å²) >= 11 is 11.1. The van der Waals surface area contributed by atoms with Gasteiger partial charge < -0.3 is 4.43 Å². The third kappa shape index (κ3) is 12.8. The molecule has 0 unspecified atom stereocenters. The van der Waals surface area contributed by atoms with Gasteiger partial charge in [0.1, 0.15) is 4.84 Å². The van der Waals surface area contributed by atoms with Gasteiger partial charge in [-0.3, -0.25) is 0 Å². The van der Waals surface area contributed by atoms with E-state index in [-0.39, 0.29) is 14.6 Å². The van der Waals surface area contributed by atoms with Gasteiger partial charge in [-0.1, -0.05) is 45.4 Å². The summed E-state index contributed by atoms with van der Waals surface area (Å²) < 4.78 is 5.40. The highest BCUT2D eigenvalue weighted by atomic mass is 35.5. The highest BCUT2D eigenvalue weighted by molar-refractivity contribution is 6.44. The maximum Gasteiger partial charge on any atom is 0.161 e. The number of hydrogen-bond donors (Lipinski definition) is 0. The maximum atomic E-state index is 5.54. The number of halogens is 2. The van der Waals surface area contributed by atoms with Crippen LogP contribution in [0.15, 0.2) is 0 Å². The summed E-state index contributed by atoms with van der Waals surface area (Å²) in [6, 6.07) is 1.27. The summed E-state index contributed by atoms with van der Waals surface area (Å²) in [4.78, 5) is -0.341. The first-order chi connectivity index (χ1) is 6.77. The fourth-order valence-corrected chi connectivity index (χ4v) is 2.97. The predicted octanol–water partition coefficient (Wildman–Crippen LogP) is 3.67. The van der Waals surface area contributed by atoms with Gasteiger partial charge in [0.05, 0.1) is 6.61 Å². The Kier molecular flexibility index (Phi) is 12.5. The Morgan fingerprint density at radius 2 is 1.71 bits per heavy atom. The van der Waals surface area contributed by atoms with Crippen molar-refractivity contribution in [2.24, 2.45) is 0 Å². The Bertz CT molecular complexity index is 112. The van der Waals surface area contributed by atoms with Crippen LogP contribution in [0.25, 0.3) is 0 Å². The molecule has 0 saturated heterocycles. The van der Waals surface area contributed by atoms with E-state index in [0.29, 0.717) is 6.61 Å². The third-order valence-corrected chi connectivity index (χ3v) is 3.70. The number of hydrogen-bond acceptors (Lipinski definition) is 1. The van der Waals surface area contributed by atoms with Crippen molar-refractivity contribution >= 4 is 33.0 Å². The molecule has 0 heterocycles. The van der Waals surface area contributed by atoms with Crippen LogP contribution in [0.3, 0.4) is 0 Å². The Morgan fingerprint density at radius 1 is 1.07 bits per heavy atom. The van der Waals surface area contributed by atoms with Gasteiger partial charge in [0.25, 0.3) is 0 Å². The van der Waals surface area contributed by atoms with Crippen LogP contribution in [0.2, 0.25) is 6.04 Å². The molecule has 0 aliphatic heterocycles. The van der Waals surface area contributed by atoms with E-state index in [0.717, 1.165) is 0 Å². The van der Waals surface area contributed by atoms with Gasteiger partial charge in [0.2, 0.25) is 0 Å². The van der Waals surface area contributed by atoms with Crippen molar-refractivity contribution in [3.05, 3.63) is 0 Å². The van der Waals surface area contributed by atoms with Gasteiger partial charge in [-0.2, -0.15) is 0 Å². The smallest absolute Gasteiger partial charge is 0.161 e. The zero-order valence-electron chi connectivity index (χ0n) is 9.11. The highest BCUT2D eigenvalue weighted by Crippen LogP contribution is 2.07. The molecule has 0 amide bonds. The second kappa shape index (κ2) is 11.8. The minimum absolute atomic E-state index is 0.340. The summed E-state index contributed by atoms with van der Waals surface area (Å²) in [5.41, 5.74) is 0. The lowest BCUT2D eigenvalue weighted by atomic mass is 10.1. The molecule has 0 aromatic rings. The SMILES string of the molecule is CCCCCCCC[SiH2]OCC(Cl)Cl. The molecule has 86 valence electrons. The Balaban J connectivity index is 2.85. The van der Waals surface area contributed by atoms with Gasteiger partial charge in [-0.25, -0.2) is 0 Å². The number of unbranched alkanes of at least 4 members (excludes halogenated alkanes) is 5. The molecular weight excluding hydrogens is 235 g/mol. The van der Waals surface area contributed by atoms with E-state index in [9.17, 15) is 0 Å². The highest BCUT2D eigenvalue weighted by Gasteiger charge is 1.97. The molecule has 14 heavy (non-hydrogen) atoms. The molecule has 0 aromatic heterocycles. The molecule has 0 N–H and O–H groups in total. The molecule has 1 nitrogen and oxygen atoms in total. The Labute approximate surface area is 100 Å². The lowest BCUT2D eigenvalue weighted by Gasteiger charge is -2.03. The topological polar surface area (TPSA) is 9.23 Å². The zero-order valence-corrected chi connectivity index (χ0v) is 12.0. The monoisotopic (exact) mass is 256 g/mol. The molecule has 0 rings (SSSR count). The fraction of sp³-hybridized carbons (Fsp3) is 1.00. The normalized spacial score (nSPS) is 12.0. The molecule has 0 aliphatic carbocycles. The molecule has 0 saturated carbocycles. The van der Waals surface area contributed by atoms with Crippen LogP contribution in [-0.2, 0) is 4.43 Å². The number of alkyl halides is 2. The van der Waals surface area contributed by atoms with E-state index in [4.69, 9.17) is 27.6 Å². The molecular formula is C10H22Cl2OSi. The molecule has 0 aromatic carbocycles. The van der Waals surface area contributed by atoms with E-state index >= 15 is 0 Å². The summed E-state index contributed by atoms with van der Waals surface area (Å²) in [6.07, 6.45) is 8.17. The zero-order chi connectivity index (χ0) is 10.6. The van der Waals surface area contributed by atoms with Gasteiger partial charge in [0.15, 0.2) is 9.76 Å². The van der Waals surface area contributed by atoms with Crippen LogP contribution in [0.1, 0.15) is 45.4 Å². The van der Waals surface area contributed by atoms with Gasteiger partial charge >= 0.3 is 0 Å². The van der Waals surface area contributed by atoms with E-state index in [1.54, 1.807) is 0 Å². The van der Waals surface area contributed by atoms with Crippen molar-refractivity contribution in [2.45, 2.75) is 56.3 Å². The summed E-state index contributed by atoms with van der Waals surface area (Å²) in [5, 5.41) is 0. The van der Waals surface area contributed by atoms with Crippen molar-refractivity contribution < 1.29 is 4.43 Å². The summed E-state index contributed by atoms with van der Waals surface area (Å²) in [6.45, 7) is 2.76. The third-order valence-electron chi connectivity index (χ3n) is 2.14. The molecule has 0 bridgehead atoms. The van der Waals surface area contributed by atoms with E-state index < -0.39 is 0 Å². The average molecular weight is 257 g/mol. The molecule has 0 radical (unpaired) electrons. The van der Waals surface area contributed by atoms with Crippen LogP contribution < -0.4 is 0 Å². The van der Waals surface area contributed by atoms with Crippen molar-refractivity contribution in [3.8, 4) is 0 Å². The van der Waals surface area contributed by atoms with Crippen molar-refractivity contribution in [1.82, 2.24) is 0 Å². The molecule has 4 heteroatoms. The molecule has 0 aliphatic rings. The summed E-state index contributed by atoms with van der Waals surface area (Å²) in [5.74, 6) is 0. The standard InChI is InChI=1S/C10H22Cl2OSi/c1-2-3-4-5-6-7-8-14-13-9-10(11)12/h10H,2-9,14H2,1H3. The van der Waals surface area contributed by atoms with Gasteiger partial charge in [-0.15, -0.1) is 23.2 Å². The Morgan fingerprint density at radius 3 is 2.36 bits per heavy atom. The van der Waals surface area contributed by atoms with Crippen molar-refractivity contribution in [3.63, 3.8) is 0 Å². The lowest BCUT2D eigenvalue weighted by molar-refractivity contribution is 0.352. The number of rotatable bonds is 10. The second-order valence-corrected chi connectivity index (χ2v) is 6.39. The van der Waals surface area contributed by atoms with E-state index in [1.807, 2.05) is 0 Å². The quantitative estimate of drug-likeness (QED) is 0.329. The van der Waals surface area contributed by atoms with Gasteiger partial charge in [0, 0.05) is 0 Å². The molecule has 0 atom stereocenters. The predicted molar refractivity (Wildman–Crippen MR) is 68.2 cm³/mol. The minimum atomic E-state index is -0.341. The van der Waals surface area contributed by atoms with E-state index in [1.165, 1.54) is 44.6 Å². The van der Waals surface area contributed by atoms with Crippen molar-refractivity contribution in [2.75, 3.05) is 6.61 Å². The first-order valence-corrected chi connectivity index (χ1v) is 8.08. The van der Waals surface area contributed by atoms with Crippen molar-refractivity contribution in [1.29, 1.82) is 0 Å². The first-order valence-electron chi connectivity index (χ1n) is 5.63.